The lowest BCUT2D eigenvalue weighted by atomic mass is 9.99. The maximum Gasteiger partial charge on any atom is 0.231 e. The van der Waals surface area contributed by atoms with Crippen molar-refractivity contribution >= 4 is 21.4 Å². The molecule has 0 amide bonds. The molecule has 1 heterocycles. The van der Waals surface area contributed by atoms with Gasteiger partial charge in [-0.3, -0.25) is 0 Å². The first-order valence-electron chi connectivity index (χ1n) is 9.11. The predicted molar refractivity (Wildman–Crippen MR) is 106 cm³/mol. The molecule has 150 valence electrons. The van der Waals surface area contributed by atoms with E-state index in [0.29, 0.717) is 23.1 Å². The summed E-state index contributed by atoms with van der Waals surface area (Å²) in [5.41, 5.74) is 6.28. The summed E-state index contributed by atoms with van der Waals surface area (Å²) in [6.45, 7) is 3.01. The van der Waals surface area contributed by atoms with Crippen LogP contribution < -0.4 is 15.2 Å². The number of rotatable bonds is 7. The molecule has 0 radical (unpaired) electrons. The molecule has 2 aromatic carbocycles. The highest BCUT2D eigenvalue weighted by atomic mass is 35.5. The van der Waals surface area contributed by atoms with E-state index in [4.69, 9.17) is 31.5 Å². The first kappa shape index (κ1) is 19.5. The van der Waals surface area contributed by atoms with Gasteiger partial charge >= 0.3 is 0 Å². The van der Waals surface area contributed by atoms with Gasteiger partial charge in [-0.1, -0.05) is 17.7 Å². The second kappa shape index (κ2) is 7.22. The molecule has 1 fully saturated rings. The van der Waals surface area contributed by atoms with E-state index in [1.807, 2.05) is 25.1 Å². The largest absolute Gasteiger partial charge is 0.454 e. The minimum absolute atomic E-state index is 0.164. The van der Waals surface area contributed by atoms with Crippen LogP contribution in [-0.4, -0.2) is 40.2 Å². The Morgan fingerprint density at radius 1 is 1.18 bits per heavy atom. The summed E-state index contributed by atoms with van der Waals surface area (Å²) in [6, 6.07) is 11.8. The number of ether oxygens (including phenoxy) is 3. The smallest absolute Gasteiger partial charge is 0.231 e. The van der Waals surface area contributed by atoms with E-state index in [1.165, 1.54) is 12.1 Å². The molecule has 2 aliphatic rings. The Balaban J connectivity index is 1.75. The highest BCUT2D eigenvalue weighted by molar-refractivity contribution is 7.92. The molecule has 8 heteroatoms. The predicted octanol–water partition coefficient (Wildman–Crippen LogP) is 2.99. The molecule has 0 spiro atoms. The first-order chi connectivity index (χ1) is 13.4. The Hall–Kier alpha value is -1.80. The molecule has 4 rings (SSSR count). The fourth-order valence-electron chi connectivity index (χ4n) is 4.09. The number of nitrogens with two attached hydrogens (primary N) is 1. The molecule has 2 N–H and O–H groups in total. The van der Waals surface area contributed by atoms with E-state index < -0.39 is 20.5 Å². The van der Waals surface area contributed by atoms with E-state index >= 15 is 0 Å². The normalized spacial score (nSPS) is 25.7. The van der Waals surface area contributed by atoms with Crippen LogP contribution in [0.25, 0.3) is 0 Å². The molecule has 0 aromatic heterocycles. The van der Waals surface area contributed by atoms with Crippen molar-refractivity contribution in [1.82, 2.24) is 0 Å². The van der Waals surface area contributed by atoms with Crippen molar-refractivity contribution in [3.63, 3.8) is 0 Å². The van der Waals surface area contributed by atoms with Crippen LogP contribution in [0.5, 0.6) is 11.5 Å². The molecule has 2 aromatic rings. The minimum atomic E-state index is -3.63. The van der Waals surface area contributed by atoms with E-state index in [1.54, 1.807) is 12.1 Å². The Morgan fingerprint density at radius 3 is 2.57 bits per heavy atom. The minimum Gasteiger partial charge on any atom is -0.454 e. The van der Waals surface area contributed by atoms with Crippen molar-refractivity contribution in [2.24, 2.45) is 11.1 Å². The third-order valence-corrected chi connectivity index (χ3v) is 8.16. The maximum absolute atomic E-state index is 13.5. The Kier molecular flexibility index (Phi) is 5.03. The molecule has 1 aliphatic heterocycles. The van der Waals surface area contributed by atoms with Gasteiger partial charge in [0.15, 0.2) is 21.3 Å². The summed E-state index contributed by atoms with van der Waals surface area (Å²) in [7, 11) is -3.63. The molecule has 1 saturated carbocycles. The van der Waals surface area contributed by atoms with Crippen molar-refractivity contribution in [2.45, 2.75) is 23.0 Å². The third kappa shape index (κ3) is 3.06. The van der Waals surface area contributed by atoms with Crippen LogP contribution in [-0.2, 0) is 14.6 Å². The molecule has 0 bridgehead atoms. The van der Waals surface area contributed by atoms with Crippen LogP contribution in [0.3, 0.4) is 0 Å². The molecule has 1 aliphatic carbocycles. The quantitative estimate of drug-likeness (QED) is 0.736. The maximum atomic E-state index is 13.5. The summed E-state index contributed by atoms with van der Waals surface area (Å²) in [4.78, 5) is 0.236. The number of sulfone groups is 1. The van der Waals surface area contributed by atoms with Gasteiger partial charge in [-0.05, 0) is 48.9 Å². The average molecular weight is 424 g/mol. The third-order valence-electron chi connectivity index (χ3n) is 5.57. The van der Waals surface area contributed by atoms with Crippen LogP contribution in [0.1, 0.15) is 18.4 Å². The van der Waals surface area contributed by atoms with Gasteiger partial charge in [0.2, 0.25) is 6.79 Å². The zero-order valence-electron chi connectivity index (χ0n) is 15.4. The van der Waals surface area contributed by atoms with Crippen LogP contribution in [0, 0.1) is 5.41 Å². The van der Waals surface area contributed by atoms with Gasteiger partial charge in [0.1, 0.15) is 0 Å². The van der Waals surface area contributed by atoms with Gasteiger partial charge in [-0.15, -0.1) is 0 Å². The van der Waals surface area contributed by atoms with Crippen molar-refractivity contribution in [2.75, 3.05) is 26.6 Å². The molecule has 0 saturated heterocycles. The highest BCUT2D eigenvalue weighted by Crippen LogP contribution is 2.64. The van der Waals surface area contributed by atoms with Gasteiger partial charge in [0, 0.05) is 29.5 Å². The van der Waals surface area contributed by atoms with Gasteiger partial charge in [0.25, 0.3) is 0 Å². The Morgan fingerprint density at radius 2 is 1.89 bits per heavy atom. The molecular formula is C20H22ClNO5S. The molecular weight excluding hydrogens is 402 g/mol. The summed E-state index contributed by atoms with van der Waals surface area (Å²) in [5.74, 6) is 0.985. The Labute approximate surface area is 169 Å². The molecule has 3 atom stereocenters. The summed E-state index contributed by atoms with van der Waals surface area (Å²) >= 11 is 5.93. The topological polar surface area (TPSA) is 87.8 Å². The van der Waals surface area contributed by atoms with E-state index in [9.17, 15) is 8.42 Å². The van der Waals surface area contributed by atoms with Gasteiger partial charge in [-0.25, -0.2) is 8.42 Å². The standard InChI is InChI=1S/C20H22ClNO5S/c1-2-25-11-20(10-22)18(13-3-8-16-17(9-13)27-12-26-16)19(20)28(23,24)15-6-4-14(21)5-7-15/h3-9,18-19H,2,10-12,22H2,1H3/t18-,19+,20-/m1/s1. The summed E-state index contributed by atoms with van der Waals surface area (Å²) in [6.07, 6.45) is 0. The summed E-state index contributed by atoms with van der Waals surface area (Å²) in [5, 5.41) is -0.195. The number of benzene rings is 2. The van der Waals surface area contributed by atoms with E-state index in [2.05, 4.69) is 0 Å². The van der Waals surface area contributed by atoms with Crippen LogP contribution in [0.15, 0.2) is 47.4 Å². The second-order valence-corrected chi connectivity index (χ2v) is 9.59. The van der Waals surface area contributed by atoms with E-state index in [-0.39, 0.29) is 30.8 Å². The monoisotopic (exact) mass is 423 g/mol. The number of hydrogen-bond acceptors (Lipinski definition) is 6. The summed E-state index contributed by atoms with van der Waals surface area (Å²) < 4.78 is 43.4. The zero-order chi connectivity index (χ0) is 19.9. The molecule has 0 unspecified atom stereocenters. The lowest BCUT2D eigenvalue weighted by molar-refractivity contribution is 0.101. The van der Waals surface area contributed by atoms with Gasteiger partial charge in [0.05, 0.1) is 16.8 Å². The van der Waals surface area contributed by atoms with Crippen LogP contribution in [0.4, 0.5) is 0 Å². The number of halogens is 1. The van der Waals surface area contributed by atoms with Gasteiger partial charge in [-0.2, -0.15) is 0 Å². The van der Waals surface area contributed by atoms with Crippen LogP contribution >= 0.6 is 11.6 Å². The van der Waals surface area contributed by atoms with Crippen molar-refractivity contribution in [3.8, 4) is 11.5 Å². The lowest BCUT2D eigenvalue weighted by Gasteiger charge is -2.16. The van der Waals surface area contributed by atoms with Crippen molar-refractivity contribution in [1.29, 1.82) is 0 Å². The van der Waals surface area contributed by atoms with E-state index in [0.717, 1.165) is 5.56 Å². The van der Waals surface area contributed by atoms with Crippen molar-refractivity contribution < 1.29 is 22.6 Å². The number of fused-ring (bicyclic) bond motifs is 1. The van der Waals surface area contributed by atoms with Gasteiger partial charge < -0.3 is 19.9 Å². The first-order valence-corrected chi connectivity index (χ1v) is 11.0. The molecule has 6 nitrogen and oxygen atoms in total. The van der Waals surface area contributed by atoms with Crippen LogP contribution in [0.2, 0.25) is 5.02 Å². The highest BCUT2D eigenvalue weighted by Gasteiger charge is 2.70. The fraction of sp³-hybridized carbons (Fsp3) is 0.400. The SMILES string of the molecule is CCOC[C@]1(CN)[C@H](c2ccc3c(c2)OCO3)[C@@H]1S(=O)(=O)c1ccc(Cl)cc1. The lowest BCUT2D eigenvalue weighted by Crippen LogP contribution is -2.29. The molecule has 28 heavy (non-hydrogen) atoms. The average Bonchev–Trinajstić information content (AvgIpc) is 3.15. The second-order valence-electron chi connectivity index (χ2n) is 7.08. The Bertz CT molecular complexity index is 979. The van der Waals surface area contributed by atoms with Crippen molar-refractivity contribution in [3.05, 3.63) is 53.1 Å². The zero-order valence-corrected chi connectivity index (χ0v) is 17.0. The number of hydrogen-bond donors (Lipinski definition) is 1. The fourth-order valence-corrected chi connectivity index (χ4v) is 6.66.